The molecule has 2 bridgehead atoms. The van der Waals surface area contributed by atoms with E-state index in [-0.39, 0.29) is 11.3 Å². The average molecular weight is 530 g/mol. The Balaban J connectivity index is 1.29. The van der Waals surface area contributed by atoms with Gasteiger partial charge in [0.15, 0.2) is 0 Å². The Hall–Kier alpha value is -2.63. The SMILES string of the molecule is CNCc1ccccc1CCC(O)CN(C=C1CC1)CC(C)(C)c1cc(N2C(=O)C3CCC2CC3)ccc1C. The largest absolute Gasteiger partial charge is 0.391 e. The van der Waals surface area contributed by atoms with Crippen LogP contribution in [-0.2, 0) is 23.2 Å². The monoisotopic (exact) mass is 529 g/mol. The number of carbonyl (C=O) groups excluding carboxylic acids is 1. The van der Waals surface area contributed by atoms with Crippen molar-refractivity contribution in [1.82, 2.24) is 10.2 Å². The molecule has 1 amide bonds. The molecule has 2 heterocycles. The first-order valence-corrected chi connectivity index (χ1v) is 15.0. The lowest BCUT2D eigenvalue weighted by Crippen LogP contribution is -2.52. The maximum atomic E-state index is 13.2. The number of allylic oxidation sites excluding steroid dienone is 1. The molecule has 2 aliphatic carbocycles. The Bertz CT molecular complexity index is 1190. The van der Waals surface area contributed by atoms with Crippen LogP contribution in [0, 0.1) is 12.8 Å². The maximum absolute atomic E-state index is 13.2. The van der Waals surface area contributed by atoms with Gasteiger partial charge in [0, 0.05) is 42.7 Å². The zero-order chi connectivity index (χ0) is 27.6. The summed E-state index contributed by atoms with van der Waals surface area (Å²) < 4.78 is 0. The summed E-state index contributed by atoms with van der Waals surface area (Å²) in [5.74, 6) is 0.532. The molecule has 2 saturated heterocycles. The van der Waals surface area contributed by atoms with E-state index in [1.165, 1.54) is 40.7 Å². The highest BCUT2D eigenvalue weighted by Crippen LogP contribution is 2.40. The van der Waals surface area contributed by atoms with Crippen LogP contribution in [0.15, 0.2) is 54.2 Å². The van der Waals surface area contributed by atoms with Gasteiger partial charge in [-0.2, -0.15) is 0 Å². The fraction of sp³-hybridized carbons (Fsp3) is 0.559. The van der Waals surface area contributed by atoms with Gasteiger partial charge in [0.2, 0.25) is 5.91 Å². The lowest BCUT2D eigenvalue weighted by molar-refractivity contribution is -0.126. The molecule has 2 saturated carbocycles. The van der Waals surface area contributed by atoms with Crippen molar-refractivity contribution in [3.8, 4) is 0 Å². The van der Waals surface area contributed by atoms with E-state index in [1.54, 1.807) is 0 Å². The van der Waals surface area contributed by atoms with E-state index in [0.29, 0.717) is 18.5 Å². The van der Waals surface area contributed by atoms with Gasteiger partial charge in [-0.25, -0.2) is 0 Å². The first kappa shape index (κ1) is 27.9. The van der Waals surface area contributed by atoms with Crippen LogP contribution in [-0.4, -0.2) is 48.2 Å². The van der Waals surface area contributed by atoms with Crippen LogP contribution in [0.4, 0.5) is 5.69 Å². The minimum atomic E-state index is -0.395. The molecule has 2 aromatic rings. The van der Waals surface area contributed by atoms with Gasteiger partial charge in [-0.15, -0.1) is 0 Å². The number of aliphatic hydroxyl groups is 1. The van der Waals surface area contributed by atoms with Crippen LogP contribution < -0.4 is 10.2 Å². The summed E-state index contributed by atoms with van der Waals surface area (Å²) in [6, 6.07) is 15.5. The molecule has 6 rings (SSSR count). The predicted molar refractivity (Wildman–Crippen MR) is 160 cm³/mol. The van der Waals surface area contributed by atoms with Gasteiger partial charge in [0.05, 0.1) is 6.10 Å². The number of benzene rings is 2. The molecule has 2 aliphatic heterocycles. The number of rotatable bonds is 12. The van der Waals surface area contributed by atoms with E-state index in [4.69, 9.17) is 0 Å². The number of hydrogen-bond acceptors (Lipinski definition) is 4. The van der Waals surface area contributed by atoms with E-state index < -0.39 is 6.10 Å². The predicted octanol–water partition coefficient (Wildman–Crippen LogP) is 5.87. The Morgan fingerprint density at radius 1 is 1.10 bits per heavy atom. The second kappa shape index (κ2) is 11.9. The molecule has 210 valence electrons. The zero-order valence-electron chi connectivity index (χ0n) is 24.4. The number of nitrogens with one attached hydrogen (secondary N) is 1. The molecule has 5 heteroatoms. The Labute approximate surface area is 235 Å². The molecule has 5 nitrogen and oxygen atoms in total. The van der Waals surface area contributed by atoms with Gasteiger partial charge < -0.3 is 20.2 Å². The second-order valence-corrected chi connectivity index (χ2v) is 12.8. The summed E-state index contributed by atoms with van der Waals surface area (Å²) in [6.07, 6.45) is 10.2. The number of amides is 1. The van der Waals surface area contributed by atoms with Crippen LogP contribution in [0.3, 0.4) is 0 Å². The summed E-state index contributed by atoms with van der Waals surface area (Å²) in [5.41, 5.74) is 7.58. The first-order valence-electron chi connectivity index (χ1n) is 15.0. The van der Waals surface area contributed by atoms with Crippen molar-refractivity contribution < 1.29 is 9.90 Å². The molecule has 2 N–H and O–H groups in total. The Morgan fingerprint density at radius 3 is 2.49 bits per heavy atom. The number of hydrogen-bond donors (Lipinski definition) is 2. The first-order chi connectivity index (χ1) is 18.7. The highest BCUT2D eigenvalue weighted by molar-refractivity contribution is 5.97. The fourth-order valence-electron chi connectivity index (χ4n) is 6.85. The van der Waals surface area contributed by atoms with E-state index in [1.807, 2.05) is 7.05 Å². The van der Waals surface area contributed by atoms with Crippen molar-refractivity contribution in [3.05, 3.63) is 76.5 Å². The van der Waals surface area contributed by atoms with Crippen LogP contribution in [0.5, 0.6) is 0 Å². The second-order valence-electron chi connectivity index (χ2n) is 12.8. The van der Waals surface area contributed by atoms with Crippen LogP contribution in [0.25, 0.3) is 0 Å². The normalized spacial score (nSPS) is 21.3. The quantitative estimate of drug-likeness (QED) is 0.361. The lowest BCUT2D eigenvalue weighted by Gasteiger charge is -2.45. The number of fused-ring (bicyclic) bond motifs is 3. The van der Waals surface area contributed by atoms with Crippen molar-refractivity contribution in [2.45, 2.75) is 96.2 Å². The molecule has 4 aliphatic rings. The number of anilines is 1. The number of piperidine rings is 2. The highest BCUT2D eigenvalue weighted by atomic mass is 16.3. The summed E-state index contributed by atoms with van der Waals surface area (Å²) in [6.45, 7) is 9.11. The average Bonchev–Trinajstić information content (AvgIpc) is 3.73. The maximum Gasteiger partial charge on any atom is 0.230 e. The van der Waals surface area contributed by atoms with Crippen molar-refractivity contribution in [2.75, 3.05) is 25.0 Å². The highest BCUT2D eigenvalue weighted by Gasteiger charge is 2.41. The third-order valence-electron chi connectivity index (χ3n) is 9.06. The number of aryl methyl sites for hydroxylation is 2. The van der Waals surface area contributed by atoms with Crippen molar-refractivity contribution in [3.63, 3.8) is 0 Å². The molecule has 4 fully saturated rings. The lowest BCUT2D eigenvalue weighted by atomic mass is 9.78. The minimum Gasteiger partial charge on any atom is -0.391 e. The van der Waals surface area contributed by atoms with Gasteiger partial charge in [-0.1, -0.05) is 49.8 Å². The molecule has 0 spiro atoms. The van der Waals surface area contributed by atoms with Crippen molar-refractivity contribution in [1.29, 1.82) is 0 Å². The van der Waals surface area contributed by atoms with Gasteiger partial charge in [-0.3, -0.25) is 4.79 Å². The van der Waals surface area contributed by atoms with Crippen LogP contribution in [0.1, 0.15) is 81.0 Å². The molecule has 2 aromatic carbocycles. The van der Waals surface area contributed by atoms with E-state index in [0.717, 1.165) is 57.3 Å². The van der Waals surface area contributed by atoms with E-state index >= 15 is 0 Å². The van der Waals surface area contributed by atoms with E-state index in [9.17, 15) is 9.90 Å². The molecule has 39 heavy (non-hydrogen) atoms. The Kier molecular flexibility index (Phi) is 8.49. The molecule has 0 aromatic heterocycles. The van der Waals surface area contributed by atoms with Crippen molar-refractivity contribution in [2.24, 2.45) is 5.92 Å². The Morgan fingerprint density at radius 2 is 1.82 bits per heavy atom. The number of carbonyl (C=O) groups is 1. The van der Waals surface area contributed by atoms with E-state index in [2.05, 4.69) is 84.6 Å². The molecule has 1 unspecified atom stereocenters. The standard InChI is InChI=1S/C34H47N3O2/c1-24-9-15-30(37-29-16-12-27(13-17-29)33(37)39)19-32(24)34(2,3)23-36(21-25-10-11-25)22-31(38)18-14-26-7-5-6-8-28(26)20-35-4/h5-9,15,19,21,27,29,31,35,38H,10-14,16-18,20,22-23H2,1-4H3. The molecule has 1 atom stereocenters. The topological polar surface area (TPSA) is 55.8 Å². The summed E-state index contributed by atoms with van der Waals surface area (Å²) in [7, 11) is 1.97. The number of nitrogens with zero attached hydrogens (tertiary/aromatic N) is 2. The zero-order valence-corrected chi connectivity index (χ0v) is 24.4. The summed E-state index contributed by atoms with van der Waals surface area (Å²) >= 11 is 0. The molecular weight excluding hydrogens is 482 g/mol. The number of aliphatic hydroxyl groups excluding tert-OH is 1. The smallest absolute Gasteiger partial charge is 0.230 e. The third-order valence-corrected chi connectivity index (χ3v) is 9.06. The van der Waals surface area contributed by atoms with Crippen LogP contribution in [0.2, 0.25) is 0 Å². The third kappa shape index (κ3) is 6.58. The minimum absolute atomic E-state index is 0.136. The van der Waals surface area contributed by atoms with Gasteiger partial charge in [-0.05, 0) is 106 Å². The van der Waals surface area contributed by atoms with Crippen LogP contribution >= 0.6 is 0 Å². The molecule has 0 radical (unpaired) electrons. The molecular formula is C34H47N3O2. The van der Waals surface area contributed by atoms with Gasteiger partial charge >= 0.3 is 0 Å². The fourth-order valence-corrected chi connectivity index (χ4v) is 6.85. The van der Waals surface area contributed by atoms with Gasteiger partial charge in [0.25, 0.3) is 0 Å². The van der Waals surface area contributed by atoms with Crippen molar-refractivity contribution >= 4 is 11.6 Å². The summed E-state index contributed by atoms with van der Waals surface area (Å²) in [4.78, 5) is 17.6. The van der Waals surface area contributed by atoms with Gasteiger partial charge in [0.1, 0.15) is 0 Å². The summed E-state index contributed by atoms with van der Waals surface area (Å²) in [5, 5.41) is 14.4.